The normalized spacial score (nSPS) is 12.5. The van der Waals surface area contributed by atoms with E-state index in [1.165, 1.54) is 11.1 Å². The summed E-state index contributed by atoms with van der Waals surface area (Å²) < 4.78 is 0. The minimum atomic E-state index is -0.605. The van der Waals surface area contributed by atoms with Gasteiger partial charge in [0.05, 0.1) is 6.10 Å². The molecule has 1 atom stereocenters. The Labute approximate surface area is 130 Å². The number of aliphatic hydroxyl groups is 1. The molecule has 0 heterocycles. The van der Waals surface area contributed by atoms with Crippen molar-refractivity contribution in [1.82, 2.24) is 0 Å². The second-order valence-electron chi connectivity index (χ2n) is 5.21. The van der Waals surface area contributed by atoms with Crippen LogP contribution in [0, 0.1) is 20.8 Å². The van der Waals surface area contributed by atoms with Crippen molar-refractivity contribution in [2.24, 2.45) is 0 Å². The quantitative estimate of drug-likeness (QED) is 0.826. The van der Waals surface area contributed by atoms with Gasteiger partial charge in [-0.05, 0) is 60.7 Å². The third-order valence-electron chi connectivity index (χ3n) is 3.70. The second-order valence-corrected chi connectivity index (χ2v) is 6.03. The van der Waals surface area contributed by atoms with Crippen LogP contribution in [0.15, 0.2) is 30.3 Å². The molecule has 2 rings (SSSR count). The molecule has 0 aliphatic rings. The fourth-order valence-electron chi connectivity index (χ4n) is 2.37. The maximum atomic E-state index is 10.5. The van der Waals surface area contributed by atoms with Gasteiger partial charge in [-0.2, -0.15) is 0 Å². The summed E-state index contributed by atoms with van der Waals surface area (Å²) >= 11 is 12.3. The van der Waals surface area contributed by atoms with Crippen LogP contribution in [0.5, 0.6) is 0 Å². The summed E-state index contributed by atoms with van der Waals surface area (Å²) in [5.41, 5.74) is 5.22. The lowest BCUT2D eigenvalue weighted by Gasteiger charge is -2.17. The van der Waals surface area contributed by atoms with Gasteiger partial charge in [-0.1, -0.05) is 41.4 Å². The van der Waals surface area contributed by atoms with Crippen molar-refractivity contribution in [1.29, 1.82) is 0 Å². The number of aryl methyl sites for hydroxylation is 3. The van der Waals surface area contributed by atoms with Gasteiger partial charge in [0.2, 0.25) is 0 Å². The molecule has 2 aromatic carbocycles. The van der Waals surface area contributed by atoms with E-state index in [0.717, 1.165) is 16.7 Å². The zero-order chi connectivity index (χ0) is 14.9. The predicted octanol–water partition coefficient (Wildman–Crippen LogP) is 5.19. The average molecular weight is 309 g/mol. The standard InChI is InChI=1S/C17H18Cl2O/c1-10-7-12(3)13(8-11(10)2)17(20)9-14-15(18)5-4-6-16(14)19/h4-8,17,20H,9H2,1-3H3. The maximum absolute atomic E-state index is 10.5. The van der Waals surface area contributed by atoms with Crippen molar-refractivity contribution in [3.63, 3.8) is 0 Å². The Morgan fingerprint density at radius 1 is 0.950 bits per heavy atom. The van der Waals surface area contributed by atoms with Crippen molar-refractivity contribution < 1.29 is 5.11 Å². The maximum Gasteiger partial charge on any atom is 0.0834 e. The highest BCUT2D eigenvalue weighted by atomic mass is 35.5. The molecule has 0 fully saturated rings. The van der Waals surface area contributed by atoms with E-state index in [4.69, 9.17) is 23.2 Å². The van der Waals surface area contributed by atoms with Gasteiger partial charge < -0.3 is 5.11 Å². The largest absolute Gasteiger partial charge is 0.388 e. The van der Waals surface area contributed by atoms with E-state index in [0.29, 0.717) is 16.5 Å². The molecule has 0 saturated heterocycles. The van der Waals surface area contributed by atoms with Gasteiger partial charge in [0.25, 0.3) is 0 Å². The zero-order valence-electron chi connectivity index (χ0n) is 11.9. The molecule has 1 nitrogen and oxygen atoms in total. The van der Waals surface area contributed by atoms with E-state index < -0.39 is 6.10 Å². The van der Waals surface area contributed by atoms with E-state index >= 15 is 0 Å². The van der Waals surface area contributed by atoms with Gasteiger partial charge in [0.15, 0.2) is 0 Å². The lowest BCUT2D eigenvalue weighted by atomic mass is 9.94. The predicted molar refractivity (Wildman–Crippen MR) is 85.8 cm³/mol. The summed E-state index contributed by atoms with van der Waals surface area (Å²) in [6.45, 7) is 6.14. The third kappa shape index (κ3) is 3.17. The molecular formula is C17H18Cl2O. The van der Waals surface area contributed by atoms with Gasteiger partial charge in [-0.15, -0.1) is 0 Å². The molecule has 0 radical (unpaired) electrons. The van der Waals surface area contributed by atoms with Crippen LogP contribution in [0.4, 0.5) is 0 Å². The molecule has 0 aromatic heterocycles. The molecule has 2 aromatic rings. The third-order valence-corrected chi connectivity index (χ3v) is 4.41. The van der Waals surface area contributed by atoms with Crippen LogP contribution in [0.2, 0.25) is 10.0 Å². The van der Waals surface area contributed by atoms with Gasteiger partial charge in [0, 0.05) is 16.5 Å². The minimum absolute atomic E-state index is 0.418. The smallest absolute Gasteiger partial charge is 0.0834 e. The Hall–Kier alpha value is -1.02. The van der Waals surface area contributed by atoms with E-state index in [1.807, 2.05) is 26.0 Å². The van der Waals surface area contributed by atoms with Crippen molar-refractivity contribution in [2.45, 2.75) is 33.3 Å². The molecule has 0 saturated carbocycles. The molecule has 1 N–H and O–H groups in total. The van der Waals surface area contributed by atoms with Gasteiger partial charge in [-0.25, -0.2) is 0 Å². The summed E-state index contributed by atoms with van der Waals surface area (Å²) in [6, 6.07) is 9.54. The Morgan fingerprint density at radius 3 is 2.10 bits per heavy atom. The highest BCUT2D eigenvalue weighted by molar-refractivity contribution is 6.36. The van der Waals surface area contributed by atoms with Gasteiger partial charge >= 0.3 is 0 Å². The second kappa shape index (κ2) is 6.17. The number of hydrogen-bond acceptors (Lipinski definition) is 1. The summed E-state index contributed by atoms with van der Waals surface area (Å²) in [5, 5.41) is 11.7. The SMILES string of the molecule is Cc1cc(C)c(C(O)Cc2c(Cl)cccc2Cl)cc1C. The first-order valence-corrected chi connectivity index (χ1v) is 7.34. The van der Waals surface area contributed by atoms with Crippen LogP contribution in [0.1, 0.15) is 33.9 Å². The first-order chi connectivity index (χ1) is 9.40. The number of halogens is 2. The van der Waals surface area contributed by atoms with Gasteiger partial charge in [-0.3, -0.25) is 0 Å². The number of aliphatic hydroxyl groups excluding tert-OH is 1. The lowest BCUT2D eigenvalue weighted by Crippen LogP contribution is -2.06. The van der Waals surface area contributed by atoms with Gasteiger partial charge in [0.1, 0.15) is 0 Å². The first-order valence-electron chi connectivity index (χ1n) is 6.59. The molecule has 0 aliphatic carbocycles. The highest BCUT2D eigenvalue weighted by Gasteiger charge is 2.16. The van der Waals surface area contributed by atoms with Crippen molar-refractivity contribution in [2.75, 3.05) is 0 Å². The van der Waals surface area contributed by atoms with Crippen LogP contribution < -0.4 is 0 Å². The number of benzene rings is 2. The fourth-order valence-corrected chi connectivity index (χ4v) is 2.92. The molecule has 20 heavy (non-hydrogen) atoms. The Bertz CT molecular complexity index is 615. The molecule has 0 amide bonds. The monoisotopic (exact) mass is 308 g/mol. The van der Waals surface area contributed by atoms with Crippen molar-refractivity contribution in [3.8, 4) is 0 Å². The van der Waals surface area contributed by atoms with Crippen LogP contribution in [0.25, 0.3) is 0 Å². The number of rotatable bonds is 3. The topological polar surface area (TPSA) is 20.2 Å². The van der Waals surface area contributed by atoms with Crippen LogP contribution in [0.3, 0.4) is 0 Å². The molecule has 3 heteroatoms. The van der Waals surface area contributed by atoms with Crippen molar-refractivity contribution in [3.05, 3.63) is 68.2 Å². The van der Waals surface area contributed by atoms with E-state index in [-0.39, 0.29) is 0 Å². The molecular weight excluding hydrogens is 291 g/mol. The summed E-state index contributed by atoms with van der Waals surface area (Å²) in [7, 11) is 0. The Morgan fingerprint density at radius 2 is 1.50 bits per heavy atom. The summed E-state index contributed by atoms with van der Waals surface area (Å²) in [5.74, 6) is 0. The van der Waals surface area contributed by atoms with Crippen LogP contribution in [-0.2, 0) is 6.42 Å². The summed E-state index contributed by atoms with van der Waals surface area (Å²) in [4.78, 5) is 0. The summed E-state index contributed by atoms with van der Waals surface area (Å²) in [6.07, 6.45) is -0.186. The van der Waals surface area contributed by atoms with E-state index in [9.17, 15) is 5.11 Å². The zero-order valence-corrected chi connectivity index (χ0v) is 13.4. The average Bonchev–Trinajstić information content (AvgIpc) is 2.38. The highest BCUT2D eigenvalue weighted by Crippen LogP contribution is 2.31. The molecule has 0 aliphatic heterocycles. The molecule has 0 bridgehead atoms. The van der Waals surface area contributed by atoms with Crippen molar-refractivity contribution >= 4 is 23.2 Å². The Kier molecular flexibility index (Phi) is 4.74. The number of hydrogen-bond donors (Lipinski definition) is 1. The lowest BCUT2D eigenvalue weighted by molar-refractivity contribution is 0.177. The van der Waals surface area contributed by atoms with Crippen LogP contribution >= 0.6 is 23.2 Å². The van der Waals surface area contributed by atoms with Crippen LogP contribution in [-0.4, -0.2) is 5.11 Å². The molecule has 106 valence electrons. The minimum Gasteiger partial charge on any atom is -0.388 e. The fraction of sp³-hybridized carbons (Fsp3) is 0.294. The Balaban J connectivity index is 2.33. The first kappa shape index (κ1) is 15.4. The van der Waals surface area contributed by atoms with E-state index in [1.54, 1.807) is 12.1 Å². The molecule has 0 spiro atoms. The van der Waals surface area contributed by atoms with E-state index in [2.05, 4.69) is 13.0 Å². The molecule has 1 unspecified atom stereocenters.